The Bertz CT molecular complexity index is 643. The molecule has 1 aromatic rings. The monoisotopic (exact) mass is 405 g/mol. The van der Waals surface area contributed by atoms with Gasteiger partial charge in [0, 0.05) is 39.0 Å². The molecular weight excluding hydrogens is 378 g/mol. The Morgan fingerprint density at radius 2 is 1.73 bits per heavy atom. The number of ether oxygens (including phenoxy) is 2. The molecule has 3 rings (SSSR count). The summed E-state index contributed by atoms with van der Waals surface area (Å²) in [5.41, 5.74) is 6.57. The standard InChI is InChI=1S/C17H27N3O4S.ClH/c18-9-4-10-20(15-16-5-2-1-3-6-16)25(21,22)19-11-7-17(8-12-19)23-13-14-24-17;/h1-3,5-6H,4,7-15,18H2;1H. The maximum Gasteiger partial charge on any atom is 0.282 e. The number of benzene rings is 1. The van der Waals surface area contributed by atoms with Gasteiger partial charge < -0.3 is 15.2 Å². The first-order valence-electron chi connectivity index (χ1n) is 8.83. The van der Waals surface area contributed by atoms with Crippen molar-refractivity contribution in [3.63, 3.8) is 0 Å². The highest BCUT2D eigenvalue weighted by molar-refractivity contribution is 7.86. The van der Waals surface area contributed by atoms with Crippen LogP contribution in [-0.2, 0) is 26.2 Å². The Kier molecular flexibility index (Phi) is 7.84. The predicted octanol–water partition coefficient (Wildman–Crippen LogP) is 1.34. The second kappa shape index (κ2) is 9.45. The van der Waals surface area contributed by atoms with E-state index in [1.807, 2.05) is 30.3 Å². The van der Waals surface area contributed by atoms with Crippen LogP contribution in [0.4, 0.5) is 0 Å². The van der Waals surface area contributed by atoms with Gasteiger partial charge in [0.1, 0.15) is 0 Å². The fourth-order valence-corrected chi connectivity index (χ4v) is 4.98. The van der Waals surface area contributed by atoms with E-state index in [1.54, 1.807) is 4.31 Å². The molecule has 2 aliphatic rings. The minimum Gasteiger partial charge on any atom is -0.347 e. The lowest BCUT2D eigenvalue weighted by Crippen LogP contribution is -2.51. The quantitative estimate of drug-likeness (QED) is 0.740. The first kappa shape index (κ1) is 21.6. The van der Waals surface area contributed by atoms with Gasteiger partial charge in [0.15, 0.2) is 5.79 Å². The van der Waals surface area contributed by atoms with Crippen molar-refractivity contribution in [2.75, 3.05) is 39.4 Å². The molecule has 2 heterocycles. The van der Waals surface area contributed by atoms with Crippen molar-refractivity contribution in [3.05, 3.63) is 35.9 Å². The lowest BCUT2D eigenvalue weighted by atomic mass is 10.1. The molecule has 0 unspecified atom stereocenters. The largest absolute Gasteiger partial charge is 0.347 e. The zero-order valence-electron chi connectivity index (χ0n) is 14.9. The van der Waals surface area contributed by atoms with Crippen molar-refractivity contribution in [3.8, 4) is 0 Å². The molecule has 7 nitrogen and oxygen atoms in total. The zero-order valence-corrected chi connectivity index (χ0v) is 16.5. The van der Waals surface area contributed by atoms with E-state index in [0.717, 1.165) is 5.56 Å². The van der Waals surface area contributed by atoms with Crippen LogP contribution in [-0.4, -0.2) is 62.2 Å². The SMILES string of the molecule is Cl.NCCCN(Cc1ccccc1)S(=O)(=O)N1CCC2(CC1)OCCO2. The number of nitrogens with two attached hydrogens (primary N) is 1. The molecule has 9 heteroatoms. The van der Waals surface area contributed by atoms with Crippen LogP contribution in [0.5, 0.6) is 0 Å². The summed E-state index contributed by atoms with van der Waals surface area (Å²) in [7, 11) is -3.54. The van der Waals surface area contributed by atoms with Crippen molar-refractivity contribution in [2.45, 2.75) is 31.6 Å². The summed E-state index contributed by atoms with van der Waals surface area (Å²) in [5, 5.41) is 0. The van der Waals surface area contributed by atoms with Gasteiger partial charge in [-0.3, -0.25) is 0 Å². The fraction of sp³-hybridized carbons (Fsp3) is 0.647. The smallest absolute Gasteiger partial charge is 0.282 e. The van der Waals surface area contributed by atoms with Crippen LogP contribution >= 0.6 is 12.4 Å². The molecule has 2 fully saturated rings. The molecule has 148 valence electrons. The maximum absolute atomic E-state index is 13.1. The lowest BCUT2D eigenvalue weighted by molar-refractivity contribution is -0.179. The van der Waals surface area contributed by atoms with E-state index in [-0.39, 0.29) is 12.4 Å². The molecule has 26 heavy (non-hydrogen) atoms. The van der Waals surface area contributed by atoms with Crippen LogP contribution in [0.3, 0.4) is 0 Å². The highest BCUT2D eigenvalue weighted by Crippen LogP contribution is 2.32. The molecule has 0 bridgehead atoms. The van der Waals surface area contributed by atoms with Crippen molar-refractivity contribution in [1.82, 2.24) is 8.61 Å². The van der Waals surface area contributed by atoms with E-state index in [2.05, 4.69) is 0 Å². The molecule has 0 saturated carbocycles. The number of piperidine rings is 1. The molecule has 1 spiro atoms. The summed E-state index contributed by atoms with van der Waals surface area (Å²) >= 11 is 0. The second-order valence-electron chi connectivity index (χ2n) is 6.48. The minimum atomic E-state index is -3.54. The average molecular weight is 406 g/mol. The number of hydrogen-bond donors (Lipinski definition) is 1. The molecule has 0 radical (unpaired) electrons. The number of nitrogens with zero attached hydrogens (tertiary/aromatic N) is 2. The van der Waals surface area contributed by atoms with Crippen LogP contribution in [0.25, 0.3) is 0 Å². The summed E-state index contributed by atoms with van der Waals surface area (Å²) in [6, 6.07) is 9.64. The topological polar surface area (TPSA) is 85.1 Å². The summed E-state index contributed by atoms with van der Waals surface area (Å²) in [6.07, 6.45) is 1.78. The van der Waals surface area contributed by atoms with Crippen LogP contribution in [0.15, 0.2) is 30.3 Å². The van der Waals surface area contributed by atoms with Crippen molar-refractivity contribution in [2.24, 2.45) is 5.73 Å². The first-order chi connectivity index (χ1) is 12.1. The summed E-state index contributed by atoms with van der Waals surface area (Å²) in [4.78, 5) is 0. The third-order valence-corrected chi connectivity index (χ3v) is 6.75. The average Bonchev–Trinajstić information content (AvgIpc) is 3.07. The lowest BCUT2D eigenvalue weighted by Gasteiger charge is -2.38. The van der Waals surface area contributed by atoms with Crippen LogP contribution < -0.4 is 5.73 Å². The van der Waals surface area contributed by atoms with Gasteiger partial charge in [-0.1, -0.05) is 30.3 Å². The van der Waals surface area contributed by atoms with Gasteiger partial charge in [-0.05, 0) is 18.5 Å². The van der Waals surface area contributed by atoms with Crippen LogP contribution in [0.1, 0.15) is 24.8 Å². The second-order valence-corrected chi connectivity index (χ2v) is 8.40. The third kappa shape index (κ3) is 4.95. The molecule has 2 aliphatic heterocycles. The van der Waals surface area contributed by atoms with Gasteiger partial charge in [0.05, 0.1) is 13.2 Å². The van der Waals surface area contributed by atoms with Gasteiger partial charge in [-0.15, -0.1) is 12.4 Å². The highest BCUT2D eigenvalue weighted by Gasteiger charge is 2.43. The van der Waals surface area contributed by atoms with Gasteiger partial charge in [0.2, 0.25) is 0 Å². The zero-order chi connectivity index (χ0) is 17.8. The van der Waals surface area contributed by atoms with Gasteiger partial charge in [-0.25, -0.2) is 0 Å². The van der Waals surface area contributed by atoms with Crippen molar-refractivity contribution in [1.29, 1.82) is 0 Å². The molecule has 0 aromatic heterocycles. The molecule has 2 N–H and O–H groups in total. The predicted molar refractivity (Wildman–Crippen MR) is 102 cm³/mol. The Labute approximate surface area is 162 Å². The van der Waals surface area contributed by atoms with E-state index >= 15 is 0 Å². The van der Waals surface area contributed by atoms with Gasteiger partial charge in [-0.2, -0.15) is 17.0 Å². The summed E-state index contributed by atoms with van der Waals surface area (Å²) in [5.74, 6) is -0.576. The molecule has 0 atom stereocenters. The Hall–Kier alpha value is -0.740. The van der Waals surface area contributed by atoms with E-state index in [4.69, 9.17) is 15.2 Å². The highest BCUT2D eigenvalue weighted by atomic mass is 35.5. The number of hydrogen-bond acceptors (Lipinski definition) is 5. The van der Waals surface area contributed by atoms with E-state index < -0.39 is 16.0 Å². The van der Waals surface area contributed by atoms with Crippen LogP contribution in [0, 0.1) is 0 Å². The number of rotatable bonds is 7. The normalized spacial score (nSPS) is 20.4. The Balaban J connectivity index is 0.00000243. The first-order valence-corrected chi connectivity index (χ1v) is 10.2. The van der Waals surface area contributed by atoms with Gasteiger partial charge in [0.25, 0.3) is 10.2 Å². The summed E-state index contributed by atoms with van der Waals surface area (Å²) in [6.45, 7) is 3.24. The van der Waals surface area contributed by atoms with Gasteiger partial charge >= 0.3 is 0 Å². The Morgan fingerprint density at radius 1 is 1.12 bits per heavy atom. The Morgan fingerprint density at radius 3 is 2.31 bits per heavy atom. The molecule has 1 aromatic carbocycles. The number of halogens is 1. The van der Waals surface area contributed by atoms with Crippen molar-refractivity contribution < 1.29 is 17.9 Å². The molecule has 0 aliphatic carbocycles. The van der Waals surface area contributed by atoms with E-state index in [1.165, 1.54) is 4.31 Å². The summed E-state index contributed by atoms with van der Waals surface area (Å²) < 4.78 is 40.7. The van der Waals surface area contributed by atoms with Crippen molar-refractivity contribution >= 4 is 22.6 Å². The maximum atomic E-state index is 13.1. The van der Waals surface area contributed by atoms with E-state index in [9.17, 15) is 8.42 Å². The molecule has 0 amide bonds. The van der Waals surface area contributed by atoms with Crippen LogP contribution in [0.2, 0.25) is 0 Å². The van der Waals surface area contributed by atoms with E-state index in [0.29, 0.717) is 65.2 Å². The minimum absolute atomic E-state index is 0. The molecular formula is C17H28ClN3O4S. The molecule has 2 saturated heterocycles. The third-order valence-electron chi connectivity index (χ3n) is 4.76. The fourth-order valence-electron chi connectivity index (χ4n) is 3.34.